The lowest BCUT2D eigenvalue weighted by Crippen LogP contribution is -2.55. The van der Waals surface area contributed by atoms with Crippen molar-refractivity contribution < 1.29 is 22.3 Å². The van der Waals surface area contributed by atoms with Crippen LogP contribution in [-0.2, 0) is 10.5 Å². The highest BCUT2D eigenvalue weighted by Gasteiger charge is 2.43. The van der Waals surface area contributed by atoms with E-state index >= 15 is 0 Å². The lowest BCUT2D eigenvalue weighted by Gasteiger charge is -2.42. The van der Waals surface area contributed by atoms with Crippen LogP contribution in [-0.4, -0.2) is 72.6 Å². The number of hydrogen-bond acceptors (Lipinski definition) is 7. The van der Waals surface area contributed by atoms with Crippen molar-refractivity contribution in [1.82, 2.24) is 25.3 Å². The van der Waals surface area contributed by atoms with Crippen molar-refractivity contribution >= 4 is 17.8 Å². The minimum atomic E-state index is -4.62. The molecular formula is C17H22ClF4N7O. The lowest BCUT2D eigenvalue weighted by atomic mass is 10.0. The molecule has 166 valence electrons. The smallest absolute Gasteiger partial charge is 0.378 e. The molecule has 3 atom stereocenters. The van der Waals surface area contributed by atoms with E-state index in [4.69, 9.17) is 22.1 Å². The van der Waals surface area contributed by atoms with Crippen molar-refractivity contribution in [1.29, 1.82) is 0 Å². The predicted molar refractivity (Wildman–Crippen MR) is 102 cm³/mol. The fourth-order valence-corrected chi connectivity index (χ4v) is 4.22. The summed E-state index contributed by atoms with van der Waals surface area (Å²) in [7, 11) is 1.33. The third-order valence-electron chi connectivity index (χ3n) is 5.67. The van der Waals surface area contributed by atoms with Gasteiger partial charge in [0.25, 0.3) is 0 Å². The quantitative estimate of drug-likeness (QED) is 0.597. The van der Waals surface area contributed by atoms with Gasteiger partial charge in [0.1, 0.15) is 22.7 Å². The van der Waals surface area contributed by atoms with Gasteiger partial charge < -0.3 is 15.4 Å². The van der Waals surface area contributed by atoms with Crippen molar-refractivity contribution in [3.8, 4) is 0 Å². The minimum absolute atomic E-state index is 0.0288. The van der Waals surface area contributed by atoms with Crippen LogP contribution >= 0.6 is 11.6 Å². The topological polar surface area (TPSA) is 92.7 Å². The van der Waals surface area contributed by atoms with Gasteiger partial charge in [-0.15, -0.1) is 0 Å². The van der Waals surface area contributed by atoms with Gasteiger partial charge in [-0.2, -0.15) is 18.3 Å². The summed E-state index contributed by atoms with van der Waals surface area (Å²) in [6.45, 7) is 2.10. The Morgan fingerprint density at radius 2 is 2.13 bits per heavy atom. The number of aromatic nitrogens is 2. The molecule has 13 heteroatoms. The number of aliphatic imine (C=N–C) groups is 1. The van der Waals surface area contributed by atoms with E-state index in [-0.39, 0.29) is 29.1 Å². The number of ether oxygens (including phenoxy) is 1. The van der Waals surface area contributed by atoms with Crippen LogP contribution in [0.3, 0.4) is 0 Å². The van der Waals surface area contributed by atoms with Crippen molar-refractivity contribution in [3.05, 3.63) is 28.3 Å². The summed E-state index contributed by atoms with van der Waals surface area (Å²) >= 11 is 6.45. The van der Waals surface area contributed by atoms with E-state index < -0.39 is 29.7 Å². The van der Waals surface area contributed by atoms with E-state index in [2.05, 4.69) is 20.7 Å². The van der Waals surface area contributed by atoms with Crippen molar-refractivity contribution in [2.75, 3.05) is 33.4 Å². The van der Waals surface area contributed by atoms with Crippen LogP contribution < -0.4 is 16.4 Å². The molecule has 0 saturated carbocycles. The zero-order chi connectivity index (χ0) is 21.7. The Bertz CT molecular complexity index is 869. The molecule has 0 amide bonds. The second-order valence-electron chi connectivity index (χ2n) is 7.54. The van der Waals surface area contributed by atoms with Gasteiger partial charge in [0, 0.05) is 26.4 Å². The normalized spacial score (nSPS) is 30.9. The number of nitrogens with two attached hydrogens (primary N) is 1. The number of hydrogen-bond donors (Lipinski definition) is 3. The molecule has 4 heterocycles. The number of piperidine rings is 1. The first-order chi connectivity index (χ1) is 14.1. The molecule has 0 aromatic carbocycles. The van der Waals surface area contributed by atoms with Gasteiger partial charge in [0.05, 0.1) is 37.1 Å². The van der Waals surface area contributed by atoms with Crippen LogP contribution in [0.2, 0.25) is 5.15 Å². The fourth-order valence-electron chi connectivity index (χ4n) is 3.86. The monoisotopic (exact) mass is 451 g/mol. The Labute approximate surface area is 175 Å². The standard InChI is InChI=1S/C17H22ClF4N7O/c1-24-15-11(16(20,21)22)4-25-17(23,27-15)10-5-26-29(14(10)18)13-2-3-28(6-12(13)19)9-7-30-8-9/h4-5,9,12-13,24,27H,2-3,6-8,23H2,1H3. The highest BCUT2D eigenvalue weighted by molar-refractivity contribution is 6.30. The van der Waals surface area contributed by atoms with Crippen LogP contribution in [0, 0.1) is 0 Å². The van der Waals surface area contributed by atoms with E-state index in [1.54, 1.807) is 0 Å². The molecule has 4 N–H and O–H groups in total. The number of nitrogens with one attached hydrogen (secondary N) is 2. The summed E-state index contributed by atoms with van der Waals surface area (Å²) in [5.74, 6) is -2.12. The van der Waals surface area contributed by atoms with E-state index in [0.29, 0.717) is 32.4 Å². The molecule has 3 aliphatic rings. The Kier molecular flexibility index (Phi) is 5.45. The van der Waals surface area contributed by atoms with Crippen LogP contribution in [0.25, 0.3) is 0 Å². The molecule has 30 heavy (non-hydrogen) atoms. The molecule has 1 aromatic rings. The van der Waals surface area contributed by atoms with Crippen LogP contribution in [0.1, 0.15) is 18.0 Å². The maximum absolute atomic E-state index is 14.9. The average molecular weight is 452 g/mol. The fraction of sp³-hybridized carbons (Fsp3) is 0.647. The molecule has 0 radical (unpaired) electrons. The van der Waals surface area contributed by atoms with Gasteiger partial charge in [0.15, 0.2) is 0 Å². The summed E-state index contributed by atoms with van der Waals surface area (Å²) in [6.07, 6.45) is -3.41. The van der Waals surface area contributed by atoms with Gasteiger partial charge in [-0.3, -0.25) is 10.6 Å². The second-order valence-corrected chi connectivity index (χ2v) is 7.90. The zero-order valence-electron chi connectivity index (χ0n) is 16.1. The minimum Gasteiger partial charge on any atom is -0.378 e. The largest absolute Gasteiger partial charge is 0.421 e. The number of likely N-dealkylation sites (tertiary alicyclic amines) is 1. The maximum Gasteiger partial charge on any atom is 0.421 e. The molecule has 3 unspecified atom stereocenters. The first kappa shape index (κ1) is 21.3. The lowest BCUT2D eigenvalue weighted by molar-refractivity contribution is -0.0876. The summed E-state index contributed by atoms with van der Waals surface area (Å²) in [4.78, 5) is 5.88. The third-order valence-corrected chi connectivity index (χ3v) is 6.05. The number of nitrogens with zero attached hydrogens (tertiary/aromatic N) is 4. The first-order valence-corrected chi connectivity index (χ1v) is 9.82. The van der Waals surface area contributed by atoms with E-state index in [1.165, 1.54) is 17.9 Å². The van der Waals surface area contributed by atoms with E-state index in [1.807, 2.05) is 4.90 Å². The van der Waals surface area contributed by atoms with E-state index in [0.717, 1.165) is 0 Å². The maximum atomic E-state index is 14.9. The molecule has 0 spiro atoms. The molecule has 0 bridgehead atoms. The molecule has 1 aromatic heterocycles. The van der Waals surface area contributed by atoms with E-state index in [9.17, 15) is 17.6 Å². The van der Waals surface area contributed by atoms with Gasteiger partial charge >= 0.3 is 6.18 Å². The highest BCUT2D eigenvalue weighted by Crippen LogP contribution is 2.36. The first-order valence-electron chi connectivity index (χ1n) is 9.45. The SMILES string of the molecule is CNC1=C(C(F)(F)F)C=NC(N)(c2cnn(C3CCN(C4COC4)CC3F)c2Cl)N1. The second kappa shape index (κ2) is 7.66. The van der Waals surface area contributed by atoms with Gasteiger partial charge in [-0.05, 0) is 6.42 Å². The molecule has 0 aliphatic carbocycles. The summed E-state index contributed by atoms with van der Waals surface area (Å²) < 4.78 is 60.9. The highest BCUT2D eigenvalue weighted by atomic mass is 35.5. The zero-order valence-corrected chi connectivity index (χ0v) is 16.8. The number of rotatable bonds is 4. The van der Waals surface area contributed by atoms with Gasteiger partial charge in [-0.25, -0.2) is 14.1 Å². The van der Waals surface area contributed by atoms with Crippen molar-refractivity contribution in [2.45, 2.75) is 36.6 Å². The Morgan fingerprint density at radius 3 is 2.70 bits per heavy atom. The number of alkyl halides is 4. The van der Waals surface area contributed by atoms with Crippen molar-refractivity contribution in [2.24, 2.45) is 10.7 Å². The van der Waals surface area contributed by atoms with Crippen molar-refractivity contribution in [3.63, 3.8) is 0 Å². The van der Waals surface area contributed by atoms with Gasteiger partial charge in [-0.1, -0.05) is 11.6 Å². The molecule has 2 fully saturated rings. The average Bonchev–Trinajstić information content (AvgIpc) is 3.01. The Hall–Kier alpha value is -1.89. The van der Waals surface area contributed by atoms with Gasteiger partial charge in [0.2, 0.25) is 5.79 Å². The summed E-state index contributed by atoms with van der Waals surface area (Å²) in [6, 6.07) is -0.375. The molecule has 3 aliphatic heterocycles. The molecular weight excluding hydrogens is 430 g/mol. The number of halogens is 5. The summed E-state index contributed by atoms with van der Waals surface area (Å²) in [5, 5.41) is 9.18. The Morgan fingerprint density at radius 1 is 1.40 bits per heavy atom. The Balaban J connectivity index is 1.55. The number of allylic oxidation sites excluding steroid dienone is 1. The molecule has 8 nitrogen and oxygen atoms in total. The van der Waals surface area contributed by atoms with Crippen LogP contribution in [0.5, 0.6) is 0 Å². The van der Waals surface area contributed by atoms with Crippen LogP contribution in [0.15, 0.2) is 22.6 Å². The molecule has 4 rings (SSSR count). The molecule has 2 saturated heterocycles. The van der Waals surface area contributed by atoms with Crippen LogP contribution in [0.4, 0.5) is 17.6 Å². The summed E-state index contributed by atoms with van der Waals surface area (Å²) in [5.41, 5.74) is 5.37. The third kappa shape index (κ3) is 3.66. The predicted octanol–water partition coefficient (Wildman–Crippen LogP) is 1.26.